The number of hydrogen-bond acceptors (Lipinski definition) is 3. The van der Waals surface area contributed by atoms with E-state index in [1.54, 1.807) is 18.2 Å². The molecule has 0 saturated heterocycles. The number of anilines is 1. The standard InChI is InChI=1S/C15H11NOS/c1-8-5-6-9-11(7-8)14(17)10-3-2-4-12(16)13(10)15(9)18/h2-7H,16H2,1H3. The molecule has 2 aromatic carbocycles. The quantitative estimate of drug-likeness (QED) is 0.495. The first-order valence-electron chi connectivity index (χ1n) is 5.68. The van der Waals surface area contributed by atoms with Crippen LogP contribution in [0, 0.1) is 6.92 Å². The van der Waals surface area contributed by atoms with Gasteiger partial charge in [0.2, 0.25) is 0 Å². The molecule has 1 aliphatic carbocycles. The van der Waals surface area contributed by atoms with Gasteiger partial charge < -0.3 is 5.73 Å². The van der Waals surface area contributed by atoms with Crippen molar-refractivity contribution in [3.63, 3.8) is 0 Å². The van der Waals surface area contributed by atoms with Gasteiger partial charge in [0.25, 0.3) is 0 Å². The summed E-state index contributed by atoms with van der Waals surface area (Å²) >= 11 is 5.47. The van der Waals surface area contributed by atoms with Gasteiger partial charge in [0.05, 0.1) is 4.86 Å². The molecular weight excluding hydrogens is 242 g/mol. The van der Waals surface area contributed by atoms with E-state index in [1.165, 1.54) is 0 Å². The third kappa shape index (κ3) is 1.41. The van der Waals surface area contributed by atoms with Crippen molar-refractivity contribution in [3.05, 3.63) is 64.2 Å². The predicted octanol–water partition coefficient (Wildman–Crippen LogP) is 2.89. The molecule has 2 N–H and O–H groups in total. The molecule has 1 aliphatic rings. The van der Waals surface area contributed by atoms with Gasteiger partial charge in [0.15, 0.2) is 5.78 Å². The van der Waals surface area contributed by atoms with Crippen LogP contribution in [-0.4, -0.2) is 10.6 Å². The molecule has 0 spiro atoms. The predicted molar refractivity (Wildman–Crippen MR) is 76.3 cm³/mol. The zero-order chi connectivity index (χ0) is 12.9. The molecule has 88 valence electrons. The maximum absolute atomic E-state index is 12.4. The Hall–Kier alpha value is -2.00. The molecule has 0 atom stereocenters. The Morgan fingerprint density at radius 3 is 2.61 bits per heavy atom. The molecule has 2 aromatic rings. The number of aryl methyl sites for hydroxylation is 1. The van der Waals surface area contributed by atoms with Gasteiger partial charge in [-0.2, -0.15) is 0 Å². The molecule has 0 fully saturated rings. The van der Waals surface area contributed by atoms with E-state index in [1.807, 2.05) is 25.1 Å². The summed E-state index contributed by atoms with van der Waals surface area (Å²) in [6.07, 6.45) is 0. The fraction of sp³-hybridized carbons (Fsp3) is 0.0667. The van der Waals surface area contributed by atoms with Crippen LogP contribution in [0.5, 0.6) is 0 Å². The summed E-state index contributed by atoms with van der Waals surface area (Å²) in [6, 6.07) is 11.1. The van der Waals surface area contributed by atoms with E-state index in [4.69, 9.17) is 18.0 Å². The van der Waals surface area contributed by atoms with Crippen LogP contribution < -0.4 is 5.73 Å². The van der Waals surface area contributed by atoms with Gasteiger partial charge in [-0.25, -0.2) is 0 Å². The second-order valence-corrected chi connectivity index (χ2v) is 4.89. The maximum Gasteiger partial charge on any atom is 0.194 e. The topological polar surface area (TPSA) is 43.1 Å². The van der Waals surface area contributed by atoms with Crippen molar-refractivity contribution < 1.29 is 4.79 Å². The molecule has 18 heavy (non-hydrogen) atoms. The summed E-state index contributed by atoms with van der Waals surface area (Å²) in [4.78, 5) is 13.1. The summed E-state index contributed by atoms with van der Waals surface area (Å²) in [5.74, 6) is 0.00426. The number of nitrogens with two attached hydrogens (primary N) is 1. The highest BCUT2D eigenvalue weighted by Crippen LogP contribution is 2.31. The molecule has 0 heterocycles. The van der Waals surface area contributed by atoms with Crippen LogP contribution >= 0.6 is 12.2 Å². The summed E-state index contributed by atoms with van der Waals surface area (Å²) in [7, 11) is 0. The van der Waals surface area contributed by atoms with E-state index in [9.17, 15) is 4.79 Å². The lowest BCUT2D eigenvalue weighted by Gasteiger charge is -2.21. The second-order valence-electron chi connectivity index (χ2n) is 4.48. The number of rotatable bonds is 0. The summed E-state index contributed by atoms with van der Waals surface area (Å²) in [5.41, 5.74) is 10.4. The van der Waals surface area contributed by atoms with Gasteiger partial charge in [-0.1, -0.05) is 42.0 Å². The third-order valence-electron chi connectivity index (χ3n) is 3.23. The summed E-state index contributed by atoms with van der Waals surface area (Å²) in [5, 5.41) is 0. The minimum Gasteiger partial charge on any atom is -0.398 e. The first-order chi connectivity index (χ1) is 8.59. The van der Waals surface area contributed by atoms with Gasteiger partial charge >= 0.3 is 0 Å². The average Bonchev–Trinajstić information content (AvgIpc) is 2.35. The van der Waals surface area contributed by atoms with Crippen LogP contribution in [0.15, 0.2) is 36.4 Å². The molecule has 0 saturated carbocycles. The molecule has 3 rings (SSSR count). The fourth-order valence-corrected chi connectivity index (χ4v) is 2.74. The lowest BCUT2D eigenvalue weighted by atomic mass is 9.83. The average molecular weight is 253 g/mol. The number of hydrogen-bond donors (Lipinski definition) is 1. The number of nitrogen functional groups attached to an aromatic ring is 1. The number of benzene rings is 2. The Labute approximate surface area is 110 Å². The molecule has 0 aliphatic heterocycles. The van der Waals surface area contributed by atoms with E-state index in [-0.39, 0.29) is 5.78 Å². The fourth-order valence-electron chi connectivity index (χ4n) is 2.34. The van der Waals surface area contributed by atoms with Crippen molar-refractivity contribution in [1.29, 1.82) is 0 Å². The Morgan fingerprint density at radius 2 is 1.83 bits per heavy atom. The molecule has 0 amide bonds. The first kappa shape index (κ1) is 11.1. The van der Waals surface area contributed by atoms with Crippen molar-refractivity contribution in [1.82, 2.24) is 0 Å². The number of carbonyl (C=O) groups is 1. The zero-order valence-electron chi connectivity index (χ0n) is 9.86. The third-order valence-corrected chi connectivity index (χ3v) is 3.66. The summed E-state index contributed by atoms with van der Waals surface area (Å²) < 4.78 is 0. The lowest BCUT2D eigenvalue weighted by molar-refractivity contribution is 0.103. The number of thiocarbonyl (C=S) groups is 1. The molecule has 0 aromatic heterocycles. The maximum atomic E-state index is 12.4. The molecule has 0 bridgehead atoms. The molecule has 3 heteroatoms. The molecular formula is C15H11NOS. The van der Waals surface area contributed by atoms with E-state index in [0.29, 0.717) is 27.2 Å². The SMILES string of the molecule is Cc1ccc2c(c1)C(=O)c1cccc(N)c1C2=S. The molecule has 2 nitrogen and oxygen atoms in total. The van der Waals surface area contributed by atoms with E-state index >= 15 is 0 Å². The van der Waals surface area contributed by atoms with Crippen molar-refractivity contribution in [2.24, 2.45) is 0 Å². The zero-order valence-corrected chi connectivity index (χ0v) is 10.7. The van der Waals surface area contributed by atoms with Crippen LogP contribution in [0.25, 0.3) is 0 Å². The Bertz CT molecular complexity index is 700. The van der Waals surface area contributed by atoms with Gasteiger partial charge in [0.1, 0.15) is 0 Å². The number of ketones is 1. The first-order valence-corrected chi connectivity index (χ1v) is 6.09. The van der Waals surface area contributed by atoms with E-state index in [0.717, 1.165) is 11.1 Å². The van der Waals surface area contributed by atoms with Crippen LogP contribution in [0.4, 0.5) is 5.69 Å². The Kier molecular flexibility index (Phi) is 2.31. The molecule has 0 unspecified atom stereocenters. The van der Waals surface area contributed by atoms with Crippen LogP contribution in [-0.2, 0) is 0 Å². The van der Waals surface area contributed by atoms with Crippen molar-refractivity contribution >= 4 is 28.6 Å². The van der Waals surface area contributed by atoms with Crippen LogP contribution in [0.2, 0.25) is 0 Å². The Balaban J connectivity index is 2.35. The van der Waals surface area contributed by atoms with Crippen molar-refractivity contribution in [3.8, 4) is 0 Å². The smallest absolute Gasteiger partial charge is 0.194 e. The largest absolute Gasteiger partial charge is 0.398 e. The second kappa shape index (κ2) is 3.75. The highest BCUT2D eigenvalue weighted by Gasteiger charge is 2.28. The normalized spacial score (nSPS) is 13.2. The highest BCUT2D eigenvalue weighted by atomic mass is 32.1. The minimum atomic E-state index is 0.00426. The van der Waals surface area contributed by atoms with Crippen LogP contribution in [0.1, 0.15) is 32.6 Å². The van der Waals surface area contributed by atoms with Gasteiger partial charge in [-0.05, 0) is 19.1 Å². The van der Waals surface area contributed by atoms with Gasteiger partial charge in [-0.15, -0.1) is 0 Å². The van der Waals surface area contributed by atoms with Crippen LogP contribution in [0.3, 0.4) is 0 Å². The van der Waals surface area contributed by atoms with E-state index in [2.05, 4.69) is 0 Å². The monoisotopic (exact) mass is 253 g/mol. The summed E-state index contributed by atoms with van der Waals surface area (Å²) in [6.45, 7) is 1.96. The van der Waals surface area contributed by atoms with Crippen molar-refractivity contribution in [2.75, 3.05) is 5.73 Å². The van der Waals surface area contributed by atoms with Gasteiger partial charge in [0, 0.05) is 27.9 Å². The molecule has 0 radical (unpaired) electrons. The Morgan fingerprint density at radius 1 is 1.06 bits per heavy atom. The van der Waals surface area contributed by atoms with Crippen molar-refractivity contribution in [2.45, 2.75) is 6.92 Å². The number of fused-ring (bicyclic) bond motifs is 2. The lowest BCUT2D eigenvalue weighted by Crippen LogP contribution is -2.21. The highest BCUT2D eigenvalue weighted by molar-refractivity contribution is 7.81. The van der Waals surface area contributed by atoms with E-state index < -0.39 is 0 Å². The number of carbonyl (C=O) groups excluding carboxylic acids is 1. The van der Waals surface area contributed by atoms with Gasteiger partial charge in [-0.3, -0.25) is 4.79 Å². The minimum absolute atomic E-state index is 0.00426.